The number of halogens is 4. The molecule has 1 fully saturated rings. The fraction of sp³-hybridized carbons (Fsp3) is 0.360. The van der Waals surface area contributed by atoms with Gasteiger partial charge < -0.3 is 19.1 Å². The molecule has 0 radical (unpaired) electrons. The largest absolute Gasteiger partial charge is 0.487 e. The first-order valence-electron chi connectivity index (χ1n) is 11.8. The molecule has 3 heterocycles. The van der Waals surface area contributed by atoms with E-state index >= 15 is 4.39 Å². The number of aromatic nitrogens is 1. The Kier molecular flexibility index (Phi) is 6.22. The third-order valence-electron chi connectivity index (χ3n) is 6.72. The van der Waals surface area contributed by atoms with Crippen molar-refractivity contribution in [1.29, 1.82) is 0 Å². The number of carbonyl (C=O) groups excluding carboxylic acids is 1. The Hall–Kier alpha value is -3.80. The van der Waals surface area contributed by atoms with Crippen LogP contribution in [0.5, 0.6) is 5.75 Å². The lowest BCUT2D eigenvalue weighted by atomic mass is 10.0. The van der Waals surface area contributed by atoms with Gasteiger partial charge in [-0.2, -0.15) is 13.2 Å². The number of hydrazine groups is 1. The molecule has 2 aliphatic heterocycles. The minimum Gasteiger partial charge on any atom is -0.487 e. The number of hydrogen-bond acceptors (Lipinski definition) is 6. The summed E-state index contributed by atoms with van der Waals surface area (Å²) >= 11 is 0. The summed E-state index contributed by atoms with van der Waals surface area (Å²) in [6, 6.07) is 5.13. The number of anilines is 2. The molecule has 1 aromatic heterocycles. The summed E-state index contributed by atoms with van der Waals surface area (Å²) in [5.41, 5.74) is 3.49. The monoisotopic (exact) mass is 519 g/mol. The number of amides is 1. The molecule has 196 valence electrons. The van der Waals surface area contributed by atoms with E-state index in [0.29, 0.717) is 24.3 Å². The molecular weight excluding hydrogens is 494 g/mol. The average molecular weight is 519 g/mol. The maximum Gasteiger partial charge on any atom is 0.416 e. The van der Waals surface area contributed by atoms with E-state index in [9.17, 15) is 22.8 Å². The highest BCUT2D eigenvalue weighted by Crippen LogP contribution is 2.42. The fourth-order valence-electron chi connectivity index (χ4n) is 4.67. The first kappa shape index (κ1) is 24.9. The lowest BCUT2D eigenvalue weighted by Gasteiger charge is -2.37. The van der Waals surface area contributed by atoms with E-state index in [0.717, 1.165) is 31.3 Å². The molecule has 37 heavy (non-hydrogen) atoms. The van der Waals surface area contributed by atoms with Crippen LogP contribution in [0.3, 0.4) is 0 Å². The van der Waals surface area contributed by atoms with Gasteiger partial charge in [0.1, 0.15) is 17.9 Å². The molecule has 0 spiro atoms. The number of pyridine rings is 1. The molecule has 1 amide bonds. The number of carbonyl (C=O) groups is 1. The average Bonchev–Trinajstić information content (AvgIpc) is 2.86. The van der Waals surface area contributed by atoms with Crippen LogP contribution in [-0.4, -0.2) is 55.2 Å². The van der Waals surface area contributed by atoms with Crippen LogP contribution in [0.25, 0.3) is 10.9 Å². The Morgan fingerprint density at radius 3 is 2.57 bits per heavy atom. The Morgan fingerprint density at radius 1 is 1.14 bits per heavy atom. The van der Waals surface area contributed by atoms with Crippen LogP contribution in [0.15, 0.2) is 41.3 Å². The van der Waals surface area contributed by atoms with E-state index in [1.54, 1.807) is 4.57 Å². The van der Waals surface area contributed by atoms with Crippen molar-refractivity contribution < 1.29 is 27.1 Å². The number of hydrogen-bond donors (Lipinski definition) is 2. The van der Waals surface area contributed by atoms with Crippen molar-refractivity contribution in [3.8, 4) is 5.75 Å². The Labute approximate surface area is 209 Å². The summed E-state index contributed by atoms with van der Waals surface area (Å²) in [4.78, 5) is 30.3. The van der Waals surface area contributed by atoms with Crippen molar-refractivity contribution in [3.63, 3.8) is 0 Å². The van der Waals surface area contributed by atoms with Crippen molar-refractivity contribution in [2.24, 2.45) is 0 Å². The van der Waals surface area contributed by atoms with Gasteiger partial charge in [0.15, 0.2) is 11.6 Å². The second-order valence-corrected chi connectivity index (χ2v) is 9.32. The van der Waals surface area contributed by atoms with E-state index in [2.05, 4.69) is 15.8 Å². The van der Waals surface area contributed by atoms with Gasteiger partial charge in [0.2, 0.25) is 5.43 Å². The van der Waals surface area contributed by atoms with Gasteiger partial charge in [0.25, 0.3) is 5.91 Å². The van der Waals surface area contributed by atoms with E-state index < -0.39 is 28.9 Å². The highest BCUT2D eigenvalue weighted by atomic mass is 19.4. The second kappa shape index (κ2) is 9.25. The summed E-state index contributed by atoms with van der Waals surface area (Å²) < 4.78 is 62.0. The SMILES string of the molecule is CC1COc2c(N3CCN(C)CC3)c(F)cc3c(=O)c(C(=O)NNc4cccc(C(F)(F)F)c4)cn1c23. The van der Waals surface area contributed by atoms with E-state index in [1.165, 1.54) is 18.3 Å². The van der Waals surface area contributed by atoms with Crippen LogP contribution in [0.1, 0.15) is 28.9 Å². The first-order chi connectivity index (χ1) is 17.5. The molecule has 1 saturated heterocycles. The van der Waals surface area contributed by atoms with Crippen LogP contribution in [-0.2, 0) is 6.18 Å². The predicted octanol–water partition coefficient (Wildman–Crippen LogP) is 3.62. The quantitative estimate of drug-likeness (QED) is 0.405. The minimum atomic E-state index is -4.55. The molecule has 0 saturated carbocycles. The highest BCUT2D eigenvalue weighted by molar-refractivity contribution is 6.00. The van der Waals surface area contributed by atoms with Gasteiger partial charge in [-0.05, 0) is 38.2 Å². The van der Waals surface area contributed by atoms with Crippen LogP contribution < -0.4 is 25.9 Å². The van der Waals surface area contributed by atoms with Gasteiger partial charge in [-0.25, -0.2) is 4.39 Å². The molecular formula is C25H25F4N5O3. The highest BCUT2D eigenvalue weighted by Gasteiger charge is 2.32. The van der Waals surface area contributed by atoms with E-state index in [1.807, 2.05) is 18.9 Å². The van der Waals surface area contributed by atoms with Gasteiger partial charge in [0, 0.05) is 32.4 Å². The number of benzene rings is 2. The summed E-state index contributed by atoms with van der Waals surface area (Å²) in [7, 11) is 1.99. The van der Waals surface area contributed by atoms with Crippen LogP contribution in [0.4, 0.5) is 28.9 Å². The smallest absolute Gasteiger partial charge is 0.416 e. The molecule has 2 N–H and O–H groups in total. The number of alkyl halides is 3. The maximum absolute atomic E-state index is 15.4. The zero-order valence-electron chi connectivity index (χ0n) is 20.2. The molecule has 5 rings (SSSR count). The third kappa shape index (κ3) is 4.57. The molecule has 2 aromatic carbocycles. The minimum absolute atomic E-state index is 0.0105. The van der Waals surface area contributed by atoms with Crippen molar-refractivity contribution in [3.05, 3.63) is 63.7 Å². The lowest BCUT2D eigenvalue weighted by molar-refractivity contribution is -0.137. The number of nitrogens with zero attached hydrogens (tertiary/aromatic N) is 3. The van der Waals surface area contributed by atoms with Crippen LogP contribution in [0, 0.1) is 5.82 Å². The zero-order chi connectivity index (χ0) is 26.5. The molecule has 8 nitrogen and oxygen atoms in total. The summed E-state index contributed by atoms with van der Waals surface area (Å²) in [5, 5.41) is -0.0105. The summed E-state index contributed by atoms with van der Waals surface area (Å²) in [6.45, 7) is 4.73. The van der Waals surface area contributed by atoms with Gasteiger partial charge in [-0.3, -0.25) is 20.4 Å². The maximum atomic E-state index is 15.4. The molecule has 0 aliphatic carbocycles. The van der Waals surface area contributed by atoms with Crippen molar-refractivity contribution in [1.82, 2.24) is 14.9 Å². The Bertz CT molecular complexity index is 1430. The molecule has 1 atom stereocenters. The van der Waals surface area contributed by atoms with Gasteiger partial charge in [0.05, 0.1) is 28.2 Å². The molecule has 3 aromatic rings. The van der Waals surface area contributed by atoms with Crippen LogP contribution >= 0.6 is 0 Å². The van der Waals surface area contributed by atoms with Crippen LogP contribution in [0.2, 0.25) is 0 Å². The fourth-order valence-corrected chi connectivity index (χ4v) is 4.67. The predicted molar refractivity (Wildman–Crippen MR) is 131 cm³/mol. The molecule has 2 aliphatic rings. The van der Waals surface area contributed by atoms with Crippen molar-refractivity contribution in [2.45, 2.75) is 19.1 Å². The summed E-state index contributed by atoms with van der Waals surface area (Å²) in [5.74, 6) is -1.22. The standard InChI is InChI=1S/C25H25F4N5O3/c1-14-13-37-23-20-17(11-19(26)21(23)33-8-6-32(2)7-9-33)22(35)18(12-34(14)20)24(36)31-30-16-5-3-4-15(10-16)25(27,28)29/h3-5,10-12,14,30H,6-9,13H2,1-2H3,(H,31,36). The number of likely N-dealkylation sites (N-methyl/N-ethyl adjacent to an activating group) is 1. The van der Waals surface area contributed by atoms with Crippen molar-refractivity contribution >= 4 is 28.2 Å². The molecule has 1 unspecified atom stereocenters. The third-order valence-corrected chi connectivity index (χ3v) is 6.72. The number of rotatable bonds is 4. The van der Waals surface area contributed by atoms with Gasteiger partial charge in [-0.1, -0.05) is 6.07 Å². The van der Waals surface area contributed by atoms with Gasteiger partial charge in [-0.15, -0.1) is 0 Å². The van der Waals surface area contributed by atoms with Gasteiger partial charge >= 0.3 is 6.18 Å². The first-order valence-corrected chi connectivity index (χ1v) is 11.8. The molecule has 0 bridgehead atoms. The van der Waals surface area contributed by atoms with E-state index in [-0.39, 0.29) is 35.0 Å². The lowest BCUT2D eigenvalue weighted by Crippen LogP contribution is -2.45. The second-order valence-electron chi connectivity index (χ2n) is 9.32. The zero-order valence-corrected chi connectivity index (χ0v) is 20.2. The number of nitrogens with one attached hydrogen (secondary N) is 2. The molecule has 12 heteroatoms. The normalized spacial score (nSPS) is 18.0. The van der Waals surface area contributed by atoms with E-state index in [4.69, 9.17) is 4.74 Å². The summed E-state index contributed by atoms with van der Waals surface area (Å²) in [6.07, 6.45) is -3.17. The number of ether oxygens (including phenoxy) is 1. The number of piperazine rings is 1. The Balaban J connectivity index is 1.51. The van der Waals surface area contributed by atoms with Crippen molar-refractivity contribution in [2.75, 3.05) is 50.2 Å². The Morgan fingerprint density at radius 2 is 1.86 bits per heavy atom. The topological polar surface area (TPSA) is 78.8 Å².